The molecule has 6 atom stereocenters. The molecule has 3 heterocycles. The molecular weight excluding hydrogens is 696 g/mol. The Bertz CT molecular complexity index is 1780. The van der Waals surface area contributed by atoms with Gasteiger partial charge in [-0.15, -0.1) is 0 Å². The number of anilines is 1. The molecule has 2 bridgehead atoms. The normalized spacial score (nSPS) is 33.3. The summed E-state index contributed by atoms with van der Waals surface area (Å²) in [6.45, 7) is 8.52. The van der Waals surface area contributed by atoms with Crippen LogP contribution in [0.4, 0.5) is 5.69 Å². The fourth-order valence-electron chi connectivity index (χ4n) is 9.75. The van der Waals surface area contributed by atoms with Gasteiger partial charge in [0.05, 0.1) is 17.5 Å². The molecule has 284 valence electrons. The number of nitrogens with one attached hydrogen (secondary N) is 1. The maximum absolute atomic E-state index is 13.6. The van der Waals surface area contributed by atoms with Gasteiger partial charge in [-0.2, -0.15) is 0 Å². The molecule has 0 aromatic heterocycles. The number of carbonyl (C=O) groups is 1. The quantitative estimate of drug-likeness (QED) is 0.365. The van der Waals surface area contributed by atoms with Gasteiger partial charge in [0.15, 0.2) is 0 Å². The van der Waals surface area contributed by atoms with Gasteiger partial charge in [0.2, 0.25) is 10.0 Å². The number of allylic oxidation sites excluding steroid dienone is 1. The SMILES string of the molecule is CO[C@@]1(CN2CCC(N(C)C)CC2)/C=C/C[C@H](C)[C@@H](C)S(=O)(=O)NC(=O)c2ccc3c(c2)N(C[C@@H]2CC[C@H]21)C[C@@]1(CCCc2cc(Cl)ccc21)CO3. The molecule has 1 spiro atoms. The minimum absolute atomic E-state index is 0.211. The summed E-state index contributed by atoms with van der Waals surface area (Å²) in [6, 6.07) is 12.3. The molecule has 1 saturated carbocycles. The summed E-state index contributed by atoms with van der Waals surface area (Å²) in [5.74, 6) is 0.522. The first-order valence-electron chi connectivity index (χ1n) is 19.3. The van der Waals surface area contributed by atoms with E-state index in [2.05, 4.69) is 57.8 Å². The van der Waals surface area contributed by atoms with Crippen LogP contribution < -0.4 is 14.4 Å². The van der Waals surface area contributed by atoms with Crippen molar-refractivity contribution in [1.82, 2.24) is 14.5 Å². The second kappa shape index (κ2) is 14.9. The Kier molecular flexibility index (Phi) is 10.8. The average molecular weight is 753 g/mol. The molecule has 1 saturated heterocycles. The van der Waals surface area contributed by atoms with Crippen LogP contribution in [0.15, 0.2) is 48.6 Å². The lowest BCUT2D eigenvalue weighted by Crippen LogP contribution is -2.58. The molecule has 5 aliphatic rings. The van der Waals surface area contributed by atoms with E-state index in [1.807, 2.05) is 32.2 Å². The highest BCUT2D eigenvalue weighted by Crippen LogP contribution is 2.49. The second-order valence-corrected chi connectivity index (χ2v) is 19.1. The zero-order chi connectivity index (χ0) is 36.8. The fourth-order valence-corrected chi connectivity index (χ4v) is 11.2. The minimum Gasteiger partial charge on any atom is -0.490 e. The number of hydrogen-bond donors (Lipinski definition) is 1. The molecule has 2 aromatic carbocycles. The first-order chi connectivity index (χ1) is 24.8. The first kappa shape index (κ1) is 37.7. The van der Waals surface area contributed by atoms with E-state index >= 15 is 0 Å². The number of likely N-dealkylation sites (tertiary alicyclic amines) is 1. The molecule has 0 unspecified atom stereocenters. The number of hydrogen-bond acceptors (Lipinski definition) is 8. The molecule has 7 rings (SSSR count). The van der Waals surface area contributed by atoms with Crippen molar-refractivity contribution >= 4 is 33.2 Å². The number of amides is 1. The van der Waals surface area contributed by atoms with Gasteiger partial charge >= 0.3 is 0 Å². The van der Waals surface area contributed by atoms with E-state index in [1.165, 1.54) is 11.1 Å². The van der Waals surface area contributed by atoms with Gasteiger partial charge in [0, 0.05) is 48.8 Å². The van der Waals surface area contributed by atoms with Crippen molar-refractivity contribution in [3.05, 3.63) is 70.3 Å². The third-order valence-electron chi connectivity index (χ3n) is 13.4. The molecule has 0 radical (unpaired) electrons. The van der Waals surface area contributed by atoms with Crippen molar-refractivity contribution in [2.45, 2.75) is 87.5 Å². The highest BCUT2D eigenvalue weighted by atomic mass is 35.5. The molecule has 1 amide bonds. The smallest absolute Gasteiger partial charge is 0.264 e. The third-order valence-corrected chi connectivity index (χ3v) is 15.5. The number of halogens is 1. The van der Waals surface area contributed by atoms with Crippen molar-refractivity contribution in [3.63, 3.8) is 0 Å². The molecule has 2 aromatic rings. The lowest BCUT2D eigenvalue weighted by molar-refractivity contribution is -0.0947. The largest absolute Gasteiger partial charge is 0.490 e. The van der Waals surface area contributed by atoms with E-state index in [0.29, 0.717) is 30.6 Å². The number of carbonyl (C=O) groups excluding carboxylic acids is 1. The number of piperidine rings is 1. The summed E-state index contributed by atoms with van der Waals surface area (Å²) in [7, 11) is 2.26. The summed E-state index contributed by atoms with van der Waals surface area (Å²) in [5.41, 5.74) is 2.94. The van der Waals surface area contributed by atoms with Crippen LogP contribution in [-0.4, -0.2) is 102 Å². The summed E-state index contributed by atoms with van der Waals surface area (Å²) in [4.78, 5) is 21.0. The number of nitrogens with zero attached hydrogens (tertiary/aromatic N) is 3. The van der Waals surface area contributed by atoms with Gasteiger partial charge in [0.25, 0.3) is 5.91 Å². The van der Waals surface area contributed by atoms with E-state index in [0.717, 1.165) is 94.1 Å². The number of rotatable bonds is 4. The van der Waals surface area contributed by atoms with Crippen molar-refractivity contribution in [2.75, 3.05) is 65.4 Å². The summed E-state index contributed by atoms with van der Waals surface area (Å²) in [5, 5.41) is -0.0203. The summed E-state index contributed by atoms with van der Waals surface area (Å²) in [6.07, 6.45) is 12.4. The molecule has 11 heteroatoms. The number of benzene rings is 2. The van der Waals surface area contributed by atoms with Gasteiger partial charge in [-0.25, -0.2) is 13.1 Å². The molecular formula is C41H57ClN4O5S. The Morgan fingerprint density at radius 1 is 1.08 bits per heavy atom. The van der Waals surface area contributed by atoms with Crippen LogP contribution in [-0.2, 0) is 26.6 Å². The van der Waals surface area contributed by atoms with Gasteiger partial charge < -0.3 is 24.2 Å². The fraction of sp³-hybridized carbons (Fsp3) is 0.634. The zero-order valence-electron chi connectivity index (χ0n) is 31.6. The number of sulfonamides is 1. The Morgan fingerprint density at radius 2 is 1.87 bits per heavy atom. The van der Waals surface area contributed by atoms with Crippen LogP contribution in [0.2, 0.25) is 5.02 Å². The third kappa shape index (κ3) is 7.27. The molecule has 2 aliphatic carbocycles. The lowest BCUT2D eigenvalue weighted by Gasteiger charge is -2.52. The van der Waals surface area contributed by atoms with Crippen LogP contribution in [0.3, 0.4) is 0 Å². The van der Waals surface area contributed by atoms with Crippen LogP contribution >= 0.6 is 11.6 Å². The molecule has 9 nitrogen and oxygen atoms in total. The highest BCUT2D eigenvalue weighted by molar-refractivity contribution is 7.90. The summed E-state index contributed by atoms with van der Waals surface area (Å²) >= 11 is 6.50. The Hall–Kier alpha value is -2.63. The first-order valence-corrected chi connectivity index (χ1v) is 21.2. The van der Waals surface area contributed by atoms with Gasteiger partial charge in [0.1, 0.15) is 11.4 Å². The molecule has 2 fully saturated rings. The Labute approximate surface area is 316 Å². The number of aryl methyl sites for hydroxylation is 1. The number of fused-ring (bicyclic) bond motifs is 4. The van der Waals surface area contributed by atoms with E-state index in [4.69, 9.17) is 21.1 Å². The predicted molar refractivity (Wildman–Crippen MR) is 208 cm³/mol. The maximum atomic E-state index is 13.6. The van der Waals surface area contributed by atoms with Crippen molar-refractivity contribution in [2.24, 2.45) is 17.8 Å². The second-order valence-electron chi connectivity index (χ2n) is 16.7. The zero-order valence-corrected chi connectivity index (χ0v) is 33.1. The van der Waals surface area contributed by atoms with E-state index < -0.39 is 26.8 Å². The maximum Gasteiger partial charge on any atom is 0.264 e. The Balaban J connectivity index is 1.29. The molecule has 52 heavy (non-hydrogen) atoms. The van der Waals surface area contributed by atoms with Crippen LogP contribution in [0.25, 0.3) is 0 Å². The van der Waals surface area contributed by atoms with Crippen molar-refractivity contribution in [3.8, 4) is 5.75 Å². The van der Waals surface area contributed by atoms with Crippen molar-refractivity contribution < 1.29 is 22.7 Å². The van der Waals surface area contributed by atoms with E-state index in [-0.39, 0.29) is 17.3 Å². The number of methoxy groups -OCH3 is 1. The van der Waals surface area contributed by atoms with Gasteiger partial charge in [-0.1, -0.05) is 36.7 Å². The van der Waals surface area contributed by atoms with Crippen LogP contribution in [0.1, 0.15) is 80.3 Å². The predicted octanol–water partition coefficient (Wildman–Crippen LogP) is 6.29. The number of ether oxygens (including phenoxy) is 2. The van der Waals surface area contributed by atoms with Crippen molar-refractivity contribution in [1.29, 1.82) is 0 Å². The summed E-state index contributed by atoms with van der Waals surface area (Å²) < 4.78 is 43.0. The minimum atomic E-state index is -3.95. The monoisotopic (exact) mass is 752 g/mol. The average Bonchev–Trinajstić information content (AvgIpc) is 3.25. The topological polar surface area (TPSA) is 91.4 Å². The standard InChI is InChI=1S/C41H57ClN4O5S/c1-28-8-6-19-41(50-5,26-45-20-16-34(17-21-45)44(3)4)36-13-10-32(36)24-46-25-40(18-7-9-30-22-33(42)12-14-35(30)40)27-51-38-15-11-31(23-37(38)46)39(47)43-52(48,49)29(28)2/h6,11-12,14-15,19,22-23,28-29,32,34,36H,7-10,13,16-18,20-21,24-27H2,1-5H3,(H,43,47)/b19-6+/t28-,29+,32-,36+,40-,41+/m0/s1. The van der Waals surface area contributed by atoms with Gasteiger partial charge in [-0.3, -0.25) is 4.79 Å². The highest BCUT2D eigenvalue weighted by Gasteiger charge is 2.50. The molecule has 3 aliphatic heterocycles. The lowest BCUT2D eigenvalue weighted by atomic mass is 9.63. The Morgan fingerprint density at radius 3 is 2.58 bits per heavy atom. The van der Waals surface area contributed by atoms with Crippen LogP contribution in [0, 0.1) is 17.8 Å². The van der Waals surface area contributed by atoms with Gasteiger partial charge in [-0.05, 0) is 145 Å². The van der Waals surface area contributed by atoms with E-state index in [9.17, 15) is 13.2 Å². The van der Waals surface area contributed by atoms with Crippen LogP contribution in [0.5, 0.6) is 5.75 Å². The molecule has 1 N–H and O–H groups in total. The van der Waals surface area contributed by atoms with E-state index in [1.54, 1.807) is 13.0 Å².